The Bertz CT molecular complexity index is 533. The summed E-state index contributed by atoms with van der Waals surface area (Å²) in [5, 5.41) is 0. The van der Waals surface area contributed by atoms with Gasteiger partial charge in [-0.2, -0.15) is 8.42 Å². The van der Waals surface area contributed by atoms with Gasteiger partial charge in [0.1, 0.15) is 10.6 Å². The van der Waals surface area contributed by atoms with E-state index in [2.05, 4.69) is 4.40 Å². The van der Waals surface area contributed by atoms with Crippen molar-refractivity contribution in [2.24, 2.45) is 4.40 Å². The molecule has 0 aliphatic heterocycles. The number of sulfonamides is 1. The number of hydrogen-bond acceptors (Lipinski definition) is 5. The lowest BCUT2D eigenvalue weighted by Gasteiger charge is -2.14. The fraction of sp³-hybridized carbons (Fsp3) is 0.300. The monoisotopic (exact) mass is 257 g/mol. The second-order valence-corrected chi connectivity index (χ2v) is 4.60. The van der Waals surface area contributed by atoms with Crippen LogP contribution in [-0.2, 0) is 19.6 Å². The molecule has 1 unspecified atom stereocenters. The second-order valence-electron chi connectivity index (χ2n) is 3.03. The number of methoxy groups -OCH3 is 1. The first-order valence-corrected chi connectivity index (χ1v) is 6.08. The molecule has 0 amide bonds. The van der Waals surface area contributed by atoms with Crippen LogP contribution in [0.4, 0.5) is 0 Å². The minimum Gasteiger partial charge on any atom is -0.464 e. The predicted molar refractivity (Wildman–Crippen MR) is 58.8 cm³/mol. The van der Waals surface area contributed by atoms with Crippen LogP contribution in [0, 0.1) is 0 Å². The van der Waals surface area contributed by atoms with Crippen LogP contribution in [0.15, 0.2) is 33.6 Å². The minimum absolute atomic E-state index is 0.0702. The van der Waals surface area contributed by atoms with Gasteiger partial charge in [0.05, 0.1) is 0 Å². The molecule has 6 nitrogen and oxygen atoms in total. The molecule has 0 saturated carbocycles. The van der Waals surface area contributed by atoms with Crippen molar-refractivity contribution in [3.63, 3.8) is 0 Å². The number of ether oxygens (including phenoxy) is 2. The highest BCUT2D eigenvalue weighted by atomic mass is 32.2. The predicted octanol–water partition coefficient (Wildman–Crippen LogP) is 1.08. The zero-order valence-electron chi connectivity index (χ0n) is 9.28. The first kappa shape index (κ1) is 13.4. The molecule has 0 aromatic heterocycles. The largest absolute Gasteiger partial charge is 0.464 e. The quantitative estimate of drug-likeness (QED) is 0.448. The van der Waals surface area contributed by atoms with Crippen molar-refractivity contribution in [3.8, 4) is 5.75 Å². The standard InChI is InChI=1S/C10H11NO5S/c1-8(15-2)16-9-5-3-4-6-10(9)17(13,14)11-7-12/h3-6,8H,1-2H3. The van der Waals surface area contributed by atoms with Crippen molar-refractivity contribution in [2.75, 3.05) is 7.11 Å². The van der Waals surface area contributed by atoms with Gasteiger partial charge < -0.3 is 9.47 Å². The van der Waals surface area contributed by atoms with E-state index in [1.807, 2.05) is 0 Å². The highest BCUT2D eigenvalue weighted by molar-refractivity contribution is 7.90. The molecule has 1 aromatic rings. The molecule has 1 rings (SSSR count). The normalized spacial score (nSPS) is 12.6. The van der Waals surface area contributed by atoms with Crippen LogP contribution in [0.3, 0.4) is 0 Å². The average molecular weight is 257 g/mol. The smallest absolute Gasteiger partial charge is 0.296 e. The summed E-state index contributed by atoms with van der Waals surface area (Å²) < 4.78 is 36.0. The molecule has 0 aliphatic rings. The highest BCUT2D eigenvalue weighted by Gasteiger charge is 2.19. The minimum atomic E-state index is -4.07. The summed E-state index contributed by atoms with van der Waals surface area (Å²) >= 11 is 0. The van der Waals surface area contributed by atoms with E-state index in [1.165, 1.54) is 25.3 Å². The van der Waals surface area contributed by atoms with Crippen molar-refractivity contribution in [3.05, 3.63) is 24.3 Å². The third kappa shape index (κ3) is 3.39. The van der Waals surface area contributed by atoms with Crippen LogP contribution < -0.4 is 4.74 Å². The SMILES string of the molecule is COC(C)Oc1ccccc1S(=O)(=O)N=C=O. The summed E-state index contributed by atoms with van der Waals surface area (Å²) in [6.07, 6.45) is 0.382. The van der Waals surface area contributed by atoms with Crippen molar-refractivity contribution >= 4 is 16.1 Å². The van der Waals surface area contributed by atoms with Gasteiger partial charge in [0.2, 0.25) is 0 Å². The van der Waals surface area contributed by atoms with E-state index >= 15 is 0 Å². The Kier molecular flexibility index (Phi) is 4.39. The van der Waals surface area contributed by atoms with Gasteiger partial charge in [-0.15, -0.1) is 0 Å². The van der Waals surface area contributed by atoms with Gasteiger partial charge in [0.15, 0.2) is 6.29 Å². The Morgan fingerprint density at radius 2 is 2.00 bits per heavy atom. The third-order valence-corrected chi connectivity index (χ3v) is 3.12. The summed E-state index contributed by atoms with van der Waals surface area (Å²) in [5.41, 5.74) is 0. The average Bonchev–Trinajstić information content (AvgIpc) is 2.29. The second kappa shape index (κ2) is 5.58. The van der Waals surface area contributed by atoms with E-state index in [0.29, 0.717) is 0 Å². The van der Waals surface area contributed by atoms with Crippen LogP contribution in [-0.4, -0.2) is 27.9 Å². The molecule has 17 heavy (non-hydrogen) atoms. The molecule has 0 radical (unpaired) electrons. The van der Waals surface area contributed by atoms with Gasteiger partial charge in [-0.3, -0.25) is 0 Å². The van der Waals surface area contributed by atoms with E-state index in [9.17, 15) is 13.2 Å². The number of hydrogen-bond donors (Lipinski definition) is 0. The maximum absolute atomic E-state index is 11.6. The Morgan fingerprint density at radius 1 is 1.35 bits per heavy atom. The lowest BCUT2D eigenvalue weighted by molar-refractivity contribution is -0.0399. The number of nitrogens with zero attached hydrogens (tertiary/aromatic N) is 1. The highest BCUT2D eigenvalue weighted by Crippen LogP contribution is 2.25. The van der Waals surface area contributed by atoms with Gasteiger partial charge in [-0.05, 0) is 19.1 Å². The van der Waals surface area contributed by atoms with E-state index < -0.39 is 16.3 Å². The van der Waals surface area contributed by atoms with Crippen molar-refractivity contribution < 1.29 is 22.7 Å². The fourth-order valence-electron chi connectivity index (χ4n) is 1.09. The Balaban J connectivity index is 3.21. The first-order valence-electron chi connectivity index (χ1n) is 4.64. The van der Waals surface area contributed by atoms with Crippen LogP contribution in [0.5, 0.6) is 5.75 Å². The number of para-hydroxylation sites is 1. The number of isocyanates is 1. The topological polar surface area (TPSA) is 82.0 Å². The number of rotatable bonds is 5. The summed E-state index contributed by atoms with van der Waals surface area (Å²) in [4.78, 5) is 9.85. The molecule has 92 valence electrons. The molecule has 0 bridgehead atoms. The van der Waals surface area contributed by atoms with Gasteiger partial charge in [-0.25, -0.2) is 4.79 Å². The molecule has 1 aromatic carbocycles. The summed E-state index contributed by atoms with van der Waals surface area (Å²) in [5.74, 6) is 0.0702. The molecule has 7 heteroatoms. The van der Waals surface area contributed by atoms with Crippen molar-refractivity contribution in [1.82, 2.24) is 0 Å². The van der Waals surface area contributed by atoms with Crippen molar-refractivity contribution in [2.45, 2.75) is 18.1 Å². The maximum Gasteiger partial charge on any atom is 0.296 e. The van der Waals surface area contributed by atoms with Gasteiger partial charge in [0.25, 0.3) is 16.1 Å². The summed E-state index contributed by atoms with van der Waals surface area (Å²) in [6, 6.07) is 5.83. The Morgan fingerprint density at radius 3 is 2.59 bits per heavy atom. The fourth-order valence-corrected chi connectivity index (χ4v) is 1.90. The lowest BCUT2D eigenvalue weighted by atomic mass is 10.3. The molecular formula is C10H11NO5S. The molecule has 0 aliphatic carbocycles. The molecule has 0 spiro atoms. The lowest BCUT2D eigenvalue weighted by Crippen LogP contribution is -2.15. The Labute approximate surface area is 98.9 Å². The zero-order valence-corrected chi connectivity index (χ0v) is 10.1. The molecular weight excluding hydrogens is 246 g/mol. The molecule has 0 fully saturated rings. The summed E-state index contributed by atoms with van der Waals surface area (Å²) in [7, 11) is -2.65. The number of benzene rings is 1. The molecule has 0 N–H and O–H groups in total. The Hall–Kier alpha value is -1.69. The van der Waals surface area contributed by atoms with Gasteiger partial charge in [0, 0.05) is 7.11 Å². The van der Waals surface area contributed by atoms with Crippen LogP contribution in [0.25, 0.3) is 0 Å². The van der Waals surface area contributed by atoms with E-state index in [4.69, 9.17) is 9.47 Å². The summed E-state index contributed by atoms with van der Waals surface area (Å²) in [6.45, 7) is 1.60. The van der Waals surface area contributed by atoms with E-state index in [0.717, 1.165) is 6.08 Å². The third-order valence-electron chi connectivity index (χ3n) is 1.91. The van der Waals surface area contributed by atoms with Crippen LogP contribution >= 0.6 is 0 Å². The molecule has 0 heterocycles. The van der Waals surface area contributed by atoms with Crippen molar-refractivity contribution in [1.29, 1.82) is 0 Å². The molecule has 1 atom stereocenters. The van der Waals surface area contributed by atoms with Crippen LogP contribution in [0.2, 0.25) is 0 Å². The van der Waals surface area contributed by atoms with E-state index in [1.54, 1.807) is 13.0 Å². The maximum atomic E-state index is 11.6. The first-order chi connectivity index (χ1) is 8.01. The van der Waals surface area contributed by atoms with Crippen LogP contribution in [0.1, 0.15) is 6.92 Å². The number of carbonyl (C=O) groups excluding carboxylic acids is 1. The van der Waals surface area contributed by atoms with E-state index in [-0.39, 0.29) is 10.6 Å². The van der Waals surface area contributed by atoms with Gasteiger partial charge >= 0.3 is 0 Å². The van der Waals surface area contributed by atoms with Gasteiger partial charge in [-0.1, -0.05) is 16.5 Å². The molecule has 0 saturated heterocycles. The zero-order chi connectivity index (χ0) is 12.9.